The molecule has 2 atom stereocenters. The third-order valence-electron chi connectivity index (χ3n) is 9.31. The number of piperidine rings is 1. The molecule has 0 radical (unpaired) electrons. The van der Waals surface area contributed by atoms with Crippen LogP contribution in [-0.4, -0.2) is 82.7 Å². The first kappa shape index (κ1) is 30.9. The molecule has 2 aliphatic rings. The molecule has 0 saturated carbocycles. The van der Waals surface area contributed by atoms with Crippen LogP contribution < -0.4 is 4.90 Å². The summed E-state index contributed by atoms with van der Waals surface area (Å²) >= 11 is 6.70. The van der Waals surface area contributed by atoms with Crippen LogP contribution in [0.5, 0.6) is 0 Å². The molecule has 45 heavy (non-hydrogen) atoms. The van der Waals surface area contributed by atoms with E-state index < -0.39 is 12.5 Å². The smallest absolute Gasteiger partial charge is 0.246 e. The first-order chi connectivity index (χ1) is 21.6. The number of carbonyl (C=O) groups is 1. The molecule has 6 rings (SSSR count). The summed E-state index contributed by atoms with van der Waals surface area (Å²) < 4.78 is 31.6. The van der Waals surface area contributed by atoms with Crippen LogP contribution in [0.3, 0.4) is 0 Å². The van der Waals surface area contributed by atoms with E-state index in [0.717, 1.165) is 29.7 Å². The number of hydrogen-bond acceptors (Lipinski definition) is 6. The number of benzene rings is 2. The Morgan fingerprint density at radius 1 is 1.22 bits per heavy atom. The van der Waals surface area contributed by atoms with Crippen molar-refractivity contribution in [3.63, 3.8) is 0 Å². The van der Waals surface area contributed by atoms with E-state index in [4.69, 9.17) is 21.6 Å². The molecule has 0 N–H and O–H groups in total. The quantitative estimate of drug-likeness (QED) is 0.220. The number of likely N-dealkylation sites (N-methyl/N-ethyl adjacent to an activating group) is 1. The summed E-state index contributed by atoms with van der Waals surface area (Å²) in [7, 11) is 4.09. The lowest BCUT2D eigenvalue weighted by Gasteiger charge is -2.43. The predicted molar refractivity (Wildman–Crippen MR) is 174 cm³/mol. The van der Waals surface area contributed by atoms with E-state index in [9.17, 15) is 14.4 Å². The van der Waals surface area contributed by atoms with Gasteiger partial charge in [0.05, 0.1) is 29.4 Å². The minimum Gasteiger partial charge on any atom is -0.351 e. The lowest BCUT2D eigenvalue weighted by Crippen LogP contribution is -2.57. The van der Waals surface area contributed by atoms with Crippen LogP contribution in [0.1, 0.15) is 36.4 Å². The Bertz CT molecular complexity index is 1860. The van der Waals surface area contributed by atoms with Gasteiger partial charge in [0.25, 0.3) is 0 Å². The third kappa shape index (κ3) is 5.42. The molecule has 0 unspecified atom stereocenters. The van der Waals surface area contributed by atoms with E-state index in [1.54, 1.807) is 11.2 Å². The maximum Gasteiger partial charge on any atom is 0.246 e. The predicted octanol–water partition coefficient (Wildman–Crippen LogP) is 6.38. The zero-order valence-electron chi connectivity index (χ0n) is 25.9. The summed E-state index contributed by atoms with van der Waals surface area (Å²) in [6, 6.07) is 9.70. The number of aromatic nitrogens is 3. The van der Waals surface area contributed by atoms with Gasteiger partial charge in [0, 0.05) is 60.3 Å². The first-order valence-electron chi connectivity index (χ1n) is 15.2. The van der Waals surface area contributed by atoms with Gasteiger partial charge in [-0.15, -0.1) is 0 Å². The topological polar surface area (TPSA) is 81.3 Å². The number of allylic oxidation sites excluding steroid dienone is 1. The van der Waals surface area contributed by atoms with Gasteiger partial charge in [0.1, 0.15) is 17.7 Å². The van der Waals surface area contributed by atoms with Crippen molar-refractivity contribution in [1.82, 2.24) is 24.3 Å². The van der Waals surface area contributed by atoms with E-state index >= 15 is 4.39 Å². The summed E-state index contributed by atoms with van der Waals surface area (Å²) in [5.74, 6) is -0.0940. The molecule has 2 aromatic carbocycles. The number of carbonyl (C=O) groups excluding carboxylic acids is 1. The lowest BCUT2D eigenvalue weighted by atomic mass is 9.93. The molecule has 0 spiro atoms. The average Bonchev–Trinajstić information content (AvgIpc) is 3.43. The van der Waals surface area contributed by atoms with Crippen molar-refractivity contribution < 1.29 is 13.6 Å². The molecular weight excluding hydrogens is 596 g/mol. The number of aryl methyl sites for hydroxylation is 2. The molecule has 8 nitrogen and oxygen atoms in total. The van der Waals surface area contributed by atoms with Crippen LogP contribution in [0, 0.1) is 31.0 Å². The van der Waals surface area contributed by atoms with Crippen LogP contribution in [0.4, 0.5) is 14.6 Å². The largest absolute Gasteiger partial charge is 0.351 e. The van der Waals surface area contributed by atoms with Gasteiger partial charge in [0.2, 0.25) is 5.91 Å². The van der Waals surface area contributed by atoms with E-state index in [0.29, 0.717) is 58.3 Å². The van der Waals surface area contributed by atoms with E-state index in [2.05, 4.69) is 20.4 Å². The normalized spacial score (nSPS) is 19.2. The van der Waals surface area contributed by atoms with Gasteiger partial charge >= 0.3 is 0 Å². The highest BCUT2D eigenvalue weighted by Crippen LogP contribution is 2.42. The van der Waals surface area contributed by atoms with Gasteiger partial charge in [-0.2, -0.15) is 5.26 Å². The molecule has 234 valence electrons. The minimum atomic E-state index is -0.727. The Balaban J connectivity index is 1.51. The average molecular weight is 632 g/mol. The number of nitriles is 1. The molecule has 11 heteroatoms. The minimum absolute atomic E-state index is 0.0961. The van der Waals surface area contributed by atoms with Crippen LogP contribution in [-0.2, 0) is 4.79 Å². The van der Waals surface area contributed by atoms with Crippen LogP contribution in [0.25, 0.3) is 33.1 Å². The van der Waals surface area contributed by atoms with Crippen LogP contribution in [0.2, 0.25) is 5.02 Å². The molecular formula is C34H36ClF2N7O. The number of imidazole rings is 1. The maximum atomic E-state index is 16.8. The van der Waals surface area contributed by atoms with E-state index in [1.165, 1.54) is 12.2 Å². The van der Waals surface area contributed by atoms with Crippen LogP contribution >= 0.6 is 11.6 Å². The van der Waals surface area contributed by atoms with Gasteiger partial charge in [-0.05, 0) is 64.1 Å². The summed E-state index contributed by atoms with van der Waals surface area (Å²) in [5.41, 5.74) is 4.38. The number of anilines is 1. The Labute approximate surface area is 266 Å². The fourth-order valence-corrected chi connectivity index (χ4v) is 6.96. The second-order valence-electron chi connectivity index (χ2n) is 12.3. The third-order valence-corrected chi connectivity index (χ3v) is 9.81. The summed E-state index contributed by atoms with van der Waals surface area (Å²) in [6.45, 7) is 4.95. The first-order valence-corrected chi connectivity index (χ1v) is 15.6. The SMILES string of the molecule is Cc1cccc(-c2c(C)cc3c(nc(N4CC(N(C)C)C4)c4ncn([C@H]5CCN(C(=O)/C=C/CF)[C@H](CC#N)C5)c43)c2F)c1Cl. The standard InChI is InChI=1S/C34H36ClF2N7O/c1-20-7-5-8-25(29(20)35)28-21(2)15-26-31(30(28)37)40-34(42-17-24(18-42)41(3)4)32-33(26)44(19-39-32)23-11-14-43(22(16-23)10-13-38)27(45)9-6-12-36/h5-9,15,19,22-24H,10-12,14,16-18H2,1-4H3/b9-6+/t22-,23+/m1/s1. The zero-order valence-corrected chi connectivity index (χ0v) is 26.7. The summed E-state index contributed by atoms with van der Waals surface area (Å²) in [6.07, 6.45) is 5.48. The van der Waals surface area contributed by atoms with Crippen molar-refractivity contribution in [3.8, 4) is 17.2 Å². The van der Waals surface area contributed by atoms with Crippen LogP contribution in [0.15, 0.2) is 42.7 Å². The molecule has 4 aromatic rings. The highest BCUT2D eigenvalue weighted by Gasteiger charge is 2.35. The fourth-order valence-electron chi connectivity index (χ4n) is 6.74. The van der Waals surface area contributed by atoms with Crippen molar-refractivity contribution in [1.29, 1.82) is 5.26 Å². The number of hydrogen-bond donors (Lipinski definition) is 0. The molecule has 1 amide bonds. The second-order valence-corrected chi connectivity index (χ2v) is 12.7. The summed E-state index contributed by atoms with van der Waals surface area (Å²) in [4.78, 5) is 28.6. The molecule has 2 fully saturated rings. The number of nitrogens with zero attached hydrogens (tertiary/aromatic N) is 7. The Morgan fingerprint density at radius 2 is 2.00 bits per heavy atom. The Hall–Kier alpha value is -4.07. The number of amides is 1. The van der Waals surface area contributed by atoms with E-state index in [-0.39, 0.29) is 29.9 Å². The number of fused-ring (bicyclic) bond motifs is 3. The van der Waals surface area contributed by atoms with Gasteiger partial charge in [0.15, 0.2) is 11.6 Å². The number of pyridine rings is 1. The number of alkyl halides is 1. The number of halogens is 3. The highest BCUT2D eigenvalue weighted by atomic mass is 35.5. The molecule has 2 aromatic heterocycles. The lowest BCUT2D eigenvalue weighted by molar-refractivity contribution is -0.130. The number of rotatable bonds is 7. The highest BCUT2D eigenvalue weighted by molar-refractivity contribution is 6.34. The number of likely N-dealkylation sites (tertiary alicyclic amines) is 1. The molecule has 0 aliphatic carbocycles. The zero-order chi connectivity index (χ0) is 32.0. The monoisotopic (exact) mass is 631 g/mol. The Kier molecular flexibility index (Phi) is 8.51. The molecule has 2 aliphatic heterocycles. The molecule has 2 saturated heterocycles. The summed E-state index contributed by atoms with van der Waals surface area (Å²) in [5, 5.41) is 10.7. The van der Waals surface area contributed by atoms with Crippen molar-refractivity contribution in [2.24, 2.45) is 0 Å². The van der Waals surface area contributed by atoms with E-state index in [1.807, 2.05) is 52.2 Å². The fraction of sp³-hybridized carbons (Fsp3) is 0.412. The van der Waals surface area contributed by atoms with Gasteiger partial charge < -0.3 is 19.3 Å². The Morgan fingerprint density at radius 3 is 2.71 bits per heavy atom. The van der Waals surface area contributed by atoms with Gasteiger partial charge in [-0.1, -0.05) is 29.8 Å². The maximum absolute atomic E-state index is 16.8. The van der Waals surface area contributed by atoms with Crippen molar-refractivity contribution in [3.05, 3.63) is 64.7 Å². The van der Waals surface area contributed by atoms with Gasteiger partial charge in [-0.25, -0.2) is 18.7 Å². The van der Waals surface area contributed by atoms with Gasteiger partial charge in [-0.3, -0.25) is 4.79 Å². The molecule has 0 bridgehead atoms. The molecule has 4 heterocycles. The van der Waals surface area contributed by atoms with Crippen molar-refractivity contribution in [2.75, 3.05) is 45.3 Å². The van der Waals surface area contributed by atoms with Crippen molar-refractivity contribution in [2.45, 2.75) is 51.2 Å². The van der Waals surface area contributed by atoms with Crippen molar-refractivity contribution >= 4 is 45.3 Å². The second kappa shape index (κ2) is 12.4.